The summed E-state index contributed by atoms with van der Waals surface area (Å²) < 4.78 is 38.5. The van der Waals surface area contributed by atoms with Crippen molar-refractivity contribution < 1.29 is 22.7 Å². The normalized spacial score (nSPS) is 11.1. The summed E-state index contributed by atoms with van der Waals surface area (Å²) in [6.45, 7) is 3.47. The molecule has 0 aliphatic carbocycles. The van der Waals surface area contributed by atoms with Crippen LogP contribution in [0.2, 0.25) is 0 Å². The van der Waals surface area contributed by atoms with Crippen LogP contribution in [0.15, 0.2) is 83.8 Å². The van der Waals surface area contributed by atoms with Gasteiger partial charge in [-0.1, -0.05) is 18.2 Å². The fourth-order valence-corrected chi connectivity index (χ4v) is 4.43. The number of carbonyl (C=O) groups excluding carboxylic acids is 1. The third kappa shape index (κ3) is 5.79. The monoisotopic (exact) mass is 454 g/mol. The van der Waals surface area contributed by atoms with Crippen molar-refractivity contribution in [2.45, 2.75) is 24.8 Å². The zero-order valence-electron chi connectivity index (χ0n) is 18.2. The molecule has 3 rings (SSSR count). The number of sulfonamides is 1. The van der Waals surface area contributed by atoms with Gasteiger partial charge in [-0.2, -0.15) is 0 Å². The second kappa shape index (κ2) is 10.2. The maximum Gasteiger partial charge on any atom is 0.264 e. The largest absolute Gasteiger partial charge is 0.497 e. The zero-order valence-corrected chi connectivity index (χ0v) is 19.0. The van der Waals surface area contributed by atoms with Gasteiger partial charge in [0.25, 0.3) is 10.0 Å². The highest BCUT2D eigenvalue weighted by molar-refractivity contribution is 7.92. The van der Waals surface area contributed by atoms with Crippen molar-refractivity contribution in [3.63, 3.8) is 0 Å². The smallest absolute Gasteiger partial charge is 0.264 e. The van der Waals surface area contributed by atoms with E-state index in [0.29, 0.717) is 22.9 Å². The average molecular weight is 455 g/mol. The lowest BCUT2D eigenvalue weighted by atomic mass is 10.3. The van der Waals surface area contributed by atoms with E-state index < -0.39 is 15.9 Å². The fourth-order valence-electron chi connectivity index (χ4n) is 3.00. The van der Waals surface area contributed by atoms with E-state index >= 15 is 0 Å². The minimum absolute atomic E-state index is 0.0398. The Hall–Kier alpha value is -3.52. The first-order valence-electron chi connectivity index (χ1n) is 10.1. The number of nitrogens with one attached hydrogen (secondary N) is 1. The lowest BCUT2D eigenvalue weighted by Crippen LogP contribution is -2.38. The first-order chi connectivity index (χ1) is 15.3. The van der Waals surface area contributed by atoms with Gasteiger partial charge in [0.2, 0.25) is 5.91 Å². The van der Waals surface area contributed by atoms with Crippen LogP contribution in [-0.4, -0.2) is 34.1 Å². The number of rotatable bonds is 9. The summed E-state index contributed by atoms with van der Waals surface area (Å²) >= 11 is 0. The SMILES string of the molecule is COc1ccc(S(=O)(=O)N(CC(=O)Nc2ccc(OC(C)C)cc2)c2ccccc2)cc1. The first-order valence-corrected chi connectivity index (χ1v) is 11.5. The predicted octanol–water partition coefficient (Wildman–Crippen LogP) is 4.32. The lowest BCUT2D eigenvalue weighted by Gasteiger charge is -2.24. The van der Waals surface area contributed by atoms with Crippen LogP contribution in [0.4, 0.5) is 11.4 Å². The molecule has 0 aliphatic heterocycles. The van der Waals surface area contributed by atoms with Gasteiger partial charge < -0.3 is 14.8 Å². The van der Waals surface area contributed by atoms with Crippen LogP contribution in [0.5, 0.6) is 11.5 Å². The van der Waals surface area contributed by atoms with Crippen molar-refractivity contribution in [2.24, 2.45) is 0 Å². The molecule has 0 spiro atoms. The molecule has 0 bridgehead atoms. The van der Waals surface area contributed by atoms with Gasteiger partial charge in [0.05, 0.1) is 23.8 Å². The topological polar surface area (TPSA) is 84.9 Å². The Kier molecular flexibility index (Phi) is 7.37. The molecule has 0 saturated heterocycles. The van der Waals surface area contributed by atoms with E-state index in [-0.39, 0.29) is 17.5 Å². The average Bonchev–Trinajstić information content (AvgIpc) is 2.79. The summed E-state index contributed by atoms with van der Waals surface area (Å²) in [5, 5.41) is 2.74. The van der Waals surface area contributed by atoms with Gasteiger partial charge >= 0.3 is 0 Å². The molecule has 3 aromatic carbocycles. The molecule has 0 radical (unpaired) electrons. The standard InChI is InChI=1S/C24H26N2O5S/c1-18(2)31-22-11-9-19(10-12-22)25-24(27)17-26(20-7-5-4-6-8-20)32(28,29)23-15-13-21(30-3)14-16-23/h4-16,18H,17H2,1-3H3,(H,25,27). The second-order valence-electron chi connectivity index (χ2n) is 7.26. The van der Waals surface area contributed by atoms with Crippen molar-refractivity contribution in [3.8, 4) is 11.5 Å². The Morgan fingerprint density at radius 2 is 1.50 bits per heavy atom. The Labute approximate surface area is 188 Å². The van der Waals surface area contributed by atoms with Crippen LogP contribution in [-0.2, 0) is 14.8 Å². The third-order valence-corrected chi connectivity index (χ3v) is 6.28. The maximum absolute atomic E-state index is 13.4. The van der Waals surface area contributed by atoms with E-state index in [1.165, 1.54) is 19.2 Å². The molecule has 32 heavy (non-hydrogen) atoms. The van der Waals surface area contributed by atoms with Gasteiger partial charge in [0.15, 0.2) is 0 Å². The Morgan fingerprint density at radius 1 is 0.906 bits per heavy atom. The first kappa shape index (κ1) is 23.1. The number of nitrogens with zero attached hydrogens (tertiary/aromatic N) is 1. The van der Waals surface area contributed by atoms with Gasteiger partial charge in [-0.3, -0.25) is 9.10 Å². The molecule has 1 N–H and O–H groups in total. The highest BCUT2D eigenvalue weighted by atomic mass is 32.2. The quantitative estimate of drug-likeness (QED) is 0.521. The number of methoxy groups -OCH3 is 1. The van der Waals surface area contributed by atoms with Crippen molar-refractivity contribution >= 4 is 27.3 Å². The van der Waals surface area contributed by atoms with Gasteiger partial charge in [-0.25, -0.2) is 8.42 Å². The number of carbonyl (C=O) groups is 1. The Balaban J connectivity index is 1.82. The Bertz CT molecular complexity index is 1130. The van der Waals surface area contributed by atoms with Crippen LogP contribution in [0.25, 0.3) is 0 Å². The Morgan fingerprint density at radius 3 is 2.06 bits per heavy atom. The van der Waals surface area contributed by atoms with Gasteiger partial charge in [0, 0.05) is 5.69 Å². The number of benzene rings is 3. The summed E-state index contributed by atoms with van der Waals surface area (Å²) in [5.41, 5.74) is 0.931. The van der Waals surface area contributed by atoms with E-state index in [9.17, 15) is 13.2 Å². The number of amides is 1. The highest BCUT2D eigenvalue weighted by Crippen LogP contribution is 2.25. The summed E-state index contributed by atoms with van der Waals surface area (Å²) in [4.78, 5) is 12.8. The minimum atomic E-state index is -3.99. The highest BCUT2D eigenvalue weighted by Gasteiger charge is 2.27. The molecule has 3 aromatic rings. The molecule has 0 fully saturated rings. The molecule has 7 nitrogen and oxygen atoms in total. The molecule has 1 amide bonds. The van der Waals surface area contributed by atoms with Crippen LogP contribution < -0.4 is 19.1 Å². The van der Waals surface area contributed by atoms with Crippen molar-refractivity contribution in [1.82, 2.24) is 0 Å². The van der Waals surface area contributed by atoms with Gasteiger partial charge in [-0.05, 0) is 74.5 Å². The molecule has 0 aliphatic rings. The fraction of sp³-hybridized carbons (Fsp3) is 0.208. The van der Waals surface area contributed by atoms with Crippen LogP contribution in [0.1, 0.15) is 13.8 Å². The maximum atomic E-state index is 13.4. The molecule has 0 saturated carbocycles. The number of ether oxygens (including phenoxy) is 2. The number of hydrogen-bond acceptors (Lipinski definition) is 5. The van der Waals surface area contributed by atoms with E-state index in [2.05, 4.69) is 5.32 Å². The summed E-state index contributed by atoms with van der Waals surface area (Å²) in [6, 6.07) is 21.5. The van der Waals surface area contributed by atoms with Crippen molar-refractivity contribution in [3.05, 3.63) is 78.9 Å². The predicted molar refractivity (Wildman–Crippen MR) is 125 cm³/mol. The molecule has 0 atom stereocenters. The number of anilines is 2. The molecule has 0 heterocycles. The molecule has 168 valence electrons. The zero-order chi connectivity index (χ0) is 23.1. The molecular formula is C24H26N2O5S. The summed E-state index contributed by atoms with van der Waals surface area (Å²) in [6.07, 6.45) is 0.0398. The van der Waals surface area contributed by atoms with Crippen molar-refractivity contribution in [1.29, 1.82) is 0 Å². The molecule has 0 aromatic heterocycles. The lowest BCUT2D eigenvalue weighted by molar-refractivity contribution is -0.114. The van der Waals surface area contributed by atoms with Gasteiger partial charge in [-0.15, -0.1) is 0 Å². The number of hydrogen-bond donors (Lipinski definition) is 1. The van der Waals surface area contributed by atoms with Crippen molar-refractivity contribution in [2.75, 3.05) is 23.3 Å². The van der Waals surface area contributed by atoms with E-state index in [0.717, 1.165) is 4.31 Å². The van der Waals surface area contributed by atoms with E-state index in [4.69, 9.17) is 9.47 Å². The summed E-state index contributed by atoms with van der Waals surface area (Å²) in [7, 11) is -2.48. The molecule has 0 unspecified atom stereocenters. The minimum Gasteiger partial charge on any atom is -0.497 e. The van der Waals surface area contributed by atoms with Gasteiger partial charge in [0.1, 0.15) is 18.0 Å². The number of para-hydroxylation sites is 1. The molecule has 8 heteroatoms. The third-order valence-electron chi connectivity index (χ3n) is 4.49. The van der Waals surface area contributed by atoms with Crippen LogP contribution in [0.3, 0.4) is 0 Å². The van der Waals surface area contributed by atoms with Crippen LogP contribution >= 0.6 is 0 Å². The van der Waals surface area contributed by atoms with E-state index in [1.807, 2.05) is 13.8 Å². The van der Waals surface area contributed by atoms with Crippen LogP contribution in [0, 0.1) is 0 Å². The second-order valence-corrected chi connectivity index (χ2v) is 9.12. The molecular weight excluding hydrogens is 428 g/mol. The van der Waals surface area contributed by atoms with E-state index in [1.54, 1.807) is 66.7 Å². The summed E-state index contributed by atoms with van der Waals surface area (Å²) in [5.74, 6) is 0.757.